The summed E-state index contributed by atoms with van der Waals surface area (Å²) in [5.41, 5.74) is 4.73. The van der Waals surface area contributed by atoms with Crippen LogP contribution in [0.4, 0.5) is 5.69 Å². The largest absolute Gasteiger partial charge is 0.360 e. The Morgan fingerprint density at radius 2 is 1.87 bits per heavy atom. The number of amides is 1. The van der Waals surface area contributed by atoms with E-state index >= 15 is 0 Å². The lowest BCUT2D eigenvalue weighted by Gasteiger charge is -2.18. The van der Waals surface area contributed by atoms with Crippen molar-refractivity contribution in [3.63, 3.8) is 0 Å². The summed E-state index contributed by atoms with van der Waals surface area (Å²) in [6, 6.07) is 13.2. The molecule has 30 heavy (non-hydrogen) atoms. The van der Waals surface area contributed by atoms with E-state index in [1.807, 2.05) is 49.4 Å². The van der Waals surface area contributed by atoms with Gasteiger partial charge in [-0.15, -0.1) is 0 Å². The van der Waals surface area contributed by atoms with Gasteiger partial charge in [0.15, 0.2) is 5.76 Å². The van der Waals surface area contributed by atoms with Crippen molar-refractivity contribution in [2.24, 2.45) is 0 Å². The summed E-state index contributed by atoms with van der Waals surface area (Å²) in [6.45, 7) is 5.85. The highest BCUT2D eigenvalue weighted by Crippen LogP contribution is 2.31. The molecule has 0 saturated carbocycles. The summed E-state index contributed by atoms with van der Waals surface area (Å²) in [6.07, 6.45) is 0.776. The molecular formula is C22H23N3O4S. The minimum absolute atomic E-state index is 0.0535. The number of nitrogens with zero attached hydrogens (tertiary/aromatic N) is 2. The lowest BCUT2D eigenvalue weighted by Crippen LogP contribution is -2.29. The van der Waals surface area contributed by atoms with Gasteiger partial charge in [-0.05, 0) is 56.5 Å². The smallest absolute Gasteiger partial charge is 0.258 e. The Kier molecular flexibility index (Phi) is 5.21. The molecule has 156 valence electrons. The number of anilines is 1. The third-order valence-electron chi connectivity index (χ3n) is 5.29. The third kappa shape index (κ3) is 3.76. The average Bonchev–Trinajstić information content (AvgIpc) is 3.29. The maximum atomic E-state index is 13.0. The van der Waals surface area contributed by atoms with Crippen molar-refractivity contribution in [3.8, 4) is 0 Å². The van der Waals surface area contributed by atoms with Gasteiger partial charge >= 0.3 is 0 Å². The van der Waals surface area contributed by atoms with Crippen molar-refractivity contribution in [1.82, 2.24) is 9.88 Å². The molecule has 0 atom stereocenters. The van der Waals surface area contributed by atoms with Gasteiger partial charge in [-0.1, -0.05) is 35.0 Å². The summed E-state index contributed by atoms with van der Waals surface area (Å²) in [5.74, 6) is 0.200. The second-order valence-corrected chi connectivity index (χ2v) is 9.22. The molecule has 0 spiro atoms. The van der Waals surface area contributed by atoms with Crippen LogP contribution in [0.2, 0.25) is 0 Å². The van der Waals surface area contributed by atoms with Crippen LogP contribution in [0.1, 0.15) is 38.5 Å². The van der Waals surface area contributed by atoms with Gasteiger partial charge in [0.1, 0.15) is 10.6 Å². The predicted octanol–water partition coefficient (Wildman–Crippen LogP) is 3.28. The fraction of sp³-hybridized carbons (Fsp3) is 0.273. The van der Waals surface area contributed by atoms with Crippen molar-refractivity contribution in [2.45, 2.75) is 38.6 Å². The van der Waals surface area contributed by atoms with E-state index in [-0.39, 0.29) is 23.1 Å². The SMILES string of the molecule is Cc1ccc(C(=O)N2CCc3ccc(CNS(=O)(=O)c4c(C)noc4C)cc32)cc1. The van der Waals surface area contributed by atoms with E-state index in [0.29, 0.717) is 17.8 Å². The lowest BCUT2D eigenvalue weighted by molar-refractivity contribution is 0.0989. The Morgan fingerprint density at radius 1 is 1.13 bits per heavy atom. The van der Waals surface area contributed by atoms with Gasteiger partial charge in [-0.2, -0.15) is 0 Å². The topological polar surface area (TPSA) is 92.5 Å². The number of carbonyl (C=O) groups excluding carboxylic acids is 1. The van der Waals surface area contributed by atoms with Crippen LogP contribution in [0.5, 0.6) is 0 Å². The van der Waals surface area contributed by atoms with Crippen LogP contribution in [0.25, 0.3) is 0 Å². The van der Waals surface area contributed by atoms with Crippen LogP contribution in [0.15, 0.2) is 51.9 Å². The van der Waals surface area contributed by atoms with E-state index in [2.05, 4.69) is 9.88 Å². The molecule has 0 saturated heterocycles. The number of nitrogens with one attached hydrogen (secondary N) is 1. The first-order valence-electron chi connectivity index (χ1n) is 9.69. The van der Waals surface area contributed by atoms with Crippen LogP contribution in [-0.4, -0.2) is 26.0 Å². The van der Waals surface area contributed by atoms with Crippen LogP contribution < -0.4 is 9.62 Å². The van der Waals surface area contributed by atoms with Crippen molar-refractivity contribution in [2.75, 3.05) is 11.4 Å². The standard InChI is InChI=1S/C22H23N3O4S/c1-14-4-7-19(8-5-14)22(26)25-11-10-18-9-6-17(12-20(18)25)13-23-30(27,28)21-15(2)24-29-16(21)3/h4-9,12,23H,10-11,13H2,1-3H3. The van der Waals surface area contributed by atoms with Crippen molar-refractivity contribution in [1.29, 1.82) is 0 Å². The molecule has 2 heterocycles. The second kappa shape index (κ2) is 7.70. The molecule has 4 rings (SSSR count). The van der Waals surface area contributed by atoms with Gasteiger partial charge in [0.2, 0.25) is 10.0 Å². The van der Waals surface area contributed by atoms with Gasteiger partial charge in [0, 0.05) is 24.3 Å². The van der Waals surface area contributed by atoms with E-state index in [1.165, 1.54) is 0 Å². The number of benzene rings is 2. The van der Waals surface area contributed by atoms with Gasteiger partial charge in [0.25, 0.3) is 5.91 Å². The molecule has 3 aromatic rings. The lowest BCUT2D eigenvalue weighted by atomic mass is 10.1. The van der Waals surface area contributed by atoms with Crippen LogP contribution in [0.3, 0.4) is 0 Å². The van der Waals surface area contributed by atoms with Crippen molar-refractivity contribution >= 4 is 21.6 Å². The molecule has 0 aliphatic carbocycles. The van der Waals surface area contributed by atoms with Crippen LogP contribution >= 0.6 is 0 Å². The number of fused-ring (bicyclic) bond motifs is 1. The number of rotatable bonds is 5. The van der Waals surface area contributed by atoms with E-state index < -0.39 is 10.0 Å². The molecule has 0 unspecified atom stereocenters. The zero-order valence-corrected chi connectivity index (χ0v) is 17.9. The summed E-state index contributed by atoms with van der Waals surface area (Å²) >= 11 is 0. The molecule has 1 aromatic heterocycles. The maximum absolute atomic E-state index is 13.0. The molecule has 7 nitrogen and oxygen atoms in total. The summed E-state index contributed by atoms with van der Waals surface area (Å²) < 4.78 is 32.9. The van der Waals surface area contributed by atoms with Crippen LogP contribution in [0, 0.1) is 20.8 Å². The van der Waals surface area contributed by atoms with Gasteiger partial charge < -0.3 is 9.42 Å². The normalized spacial score (nSPS) is 13.5. The molecule has 1 aliphatic heterocycles. The van der Waals surface area contributed by atoms with E-state index in [0.717, 1.165) is 28.8 Å². The Balaban J connectivity index is 1.55. The van der Waals surface area contributed by atoms with E-state index in [1.54, 1.807) is 18.7 Å². The highest BCUT2D eigenvalue weighted by molar-refractivity contribution is 7.89. The fourth-order valence-corrected chi connectivity index (χ4v) is 5.05. The molecule has 0 fully saturated rings. The minimum atomic E-state index is -3.75. The zero-order valence-electron chi connectivity index (χ0n) is 17.1. The summed E-state index contributed by atoms with van der Waals surface area (Å²) in [5, 5.41) is 3.71. The molecule has 1 amide bonds. The average molecular weight is 426 g/mol. The second-order valence-electron chi connectivity index (χ2n) is 7.51. The number of aromatic nitrogens is 1. The fourth-order valence-electron chi connectivity index (χ4n) is 3.71. The summed E-state index contributed by atoms with van der Waals surface area (Å²) in [4.78, 5) is 14.8. The number of hydrogen-bond donors (Lipinski definition) is 1. The van der Waals surface area contributed by atoms with E-state index in [4.69, 9.17) is 4.52 Å². The van der Waals surface area contributed by atoms with Crippen LogP contribution in [-0.2, 0) is 23.0 Å². The first-order valence-corrected chi connectivity index (χ1v) is 11.2. The highest BCUT2D eigenvalue weighted by atomic mass is 32.2. The monoisotopic (exact) mass is 425 g/mol. The molecule has 1 aliphatic rings. The Bertz CT molecular complexity index is 1190. The molecule has 0 radical (unpaired) electrons. The number of carbonyl (C=O) groups is 1. The first-order chi connectivity index (χ1) is 14.3. The van der Waals surface area contributed by atoms with E-state index in [9.17, 15) is 13.2 Å². The van der Waals surface area contributed by atoms with Crippen molar-refractivity contribution in [3.05, 3.63) is 76.2 Å². The minimum Gasteiger partial charge on any atom is -0.360 e. The molecule has 0 bridgehead atoms. The predicted molar refractivity (Wildman–Crippen MR) is 113 cm³/mol. The first kappa shape index (κ1) is 20.3. The highest BCUT2D eigenvalue weighted by Gasteiger charge is 2.27. The molecular weight excluding hydrogens is 402 g/mol. The van der Waals surface area contributed by atoms with Gasteiger partial charge in [0.05, 0.1) is 0 Å². The summed E-state index contributed by atoms with van der Waals surface area (Å²) in [7, 11) is -3.75. The maximum Gasteiger partial charge on any atom is 0.258 e. The van der Waals surface area contributed by atoms with Gasteiger partial charge in [-0.3, -0.25) is 4.79 Å². The Morgan fingerprint density at radius 3 is 2.53 bits per heavy atom. The number of hydrogen-bond acceptors (Lipinski definition) is 5. The Labute approximate surface area is 175 Å². The molecule has 2 aromatic carbocycles. The zero-order chi connectivity index (χ0) is 21.5. The van der Waals surface area contributed by atoms with Crippen molar-refractivity contribution < 1.29 is 17.7 Å². The molecule has 8 heteroatoms. The third-order valence-corrected chi connectivity index (χ3v) is 6.94. The number of aryl methyl sites for hydroxylation is 3. The quantitative estimate of drug-likeness (QED) is 0.677. The van der Waals surface area contributed by atoms with Gasteiger partial charge in [-0.25, -0.2) is 13.1 Å². The number of sulfonamides is 1. The Hall–Kier alpha value is -2.97. The molecule has 1 N–H and O–H groups in total.